The standard InChI is InChI=1S/C16H21NO4/c18-14(12-16(15(19)20)8-4-9-16)17-10-5-11-21-13-6-2-1-3-7-13/h1-3,6-7H,4-5,8-12H2,(H,17,18)(H,19,20). The number of rotatable bonds is 8. The van der Waals surface area contributed by atoms with Crippen LogP contribution in [0.4, 0.5) is 0 Å². The maximum atomic E-state index is 11.8. The summed E-state index contributed by atoms with van der Waals surface area (Å²) in [6, 6.07) is 9.49. The van der Waals surface area contributed by atoms with Crippen LogP contribution in [0.25, 0.3) is 0 Å². The van der Waals surface area contributed by atoms with Gasteiger partial charge in [-0.25, -0.2) is 0 Å². The van der Waals surface area contributed by atoms with Crippen LogP contribution in [-0.4, -0.2) is 30.1 Å². The van der Waals surface area contributed by atoms with Gasteiger partial charge in [-0.1, -0.05) is 24.6 Å². The van der Waals surface area contributed by atoms with Crippen molar-refractivity contribution in [1.82, 2.24) is 5.32 Å². The monoisotopic (exact) mass is 291 g/mol. The van der Waals surface area contributed by atoms with Crippen molar-refractivity contribution < 1.29 is 19.4 Å². The van der Waals surface area contributed by atoms with Crippen LogP contribution in [0.15, 0.2) is 30.3 Å². The largest absolute Gasteiger partial charge is 0.494 e. The summed E-state index contributed by atoms with van der Waals surface area (Å²) < 4.78 is 5.51. The molecule has 0 unspecified atom stereocenters. The van der Waals surface area contributed by atoms with Crippen molar-refractivity contribution in [2.24, 2.45) is 5.41 Å². The second-order valence-corrected chi connectivity index (χ2v) is 5.48. The van der Waals surface area contributed by atoms with Crippen molar-refractivity contribution in [1.29, 1.82) is 0 Å². The molecule has 1 fully saturated rings. The number of aliphatic carboxylic acids is 1. The molecule has 21 heavy (non-hydrogen) atoms. The summed E-state index contributed by atoms with van der Waals surface area (Å²) in [4.78, 5) is 22.9. The van der Waals surface area contributed by atoms with Gasteiger partial charge in [-0.2, -0.15) is 0 Å². The summed E-state index contributed by atoms with van der Waals surface area (Å²) in [6.45, 7) is 1.02. The van der Waals surface area contributed by atoms with Crippen molar-refractivity contribution in [3.8, 4) is 5.75 Å². The molecule has 0 heterocycles. The van der Waals surface area contributed by atoms with E-state index in [9.17, 15) is 9.59 Å². The minimum Gasteiger partial charge on any atom is -0.494 e. The van der Waals surface area contributed by atoms with E-state index in [0.29, 0.717) is 32.4 Å². The Balaban J connectivity index is 1.60. The van der Waals surface area contributed by atoms with E-state index >= 15 is 0 Å². The minimum atomic E-state index is -0.851. The van der Waals surface area contributed by atoms with Crippen LogP contribution in [-0.2, 0) is 9.59 Å². The van der Waals surface area contributed by atoms with Crippen LogP contribution in [0.3, 0.4) is 0 Å². The summed E-state index contributed by atoms with van der Waals surface area (Å²) in [5.74, 6) is -0.226. The van der Waals surface area contributed by atoms with Gasteiger partial charge in [0.15, 0.2) is 0 Å². The number of carboxylic acids is 1. The van der Waals surface area contributed by atoms with Gasteiger partial charge < -0.3 is 15.2 Å². The lowest BCUT2D eigenvalue weighted by Crippen LogP contribution is -2.42. The molecule has 5 heteroatoms. The molecular weight excluding hydrogens is 270 g/mol. The lowest BCUT2D eigenvalue weighted by molar-refractivity contribution is -0.157. The van der Waals surface area contributed by atoms with Crippen LogP contribution in [0, 0.1) is 5.41 Å². The zero-order valence-electron chi connectivity index (χ0n) is 12.0. The quantitative estimate of drug-likeness (QED) is 0.720. The predicted molar refractivity (Wildman–Crippen MR) is 78.1 cm³/mol. The molecule has 114 valence electrons. The average molecular weight is 291 g/mol. The smallest absolute Gasteiger partial charge is 0.310 e. The Bertz CT molecular complexity index is 482. The maximum absolute atomic E-state index is 11.8. The molecule has 0 saturated heterocycles. The zero-order chi connectivity index (χ0) is 15.1. The summed E-state index contributed by atoms with van der Waals surface area (Å²) in [6.07, 6.45) is 2.88. The molecule has 1 aromatic rings. The Hall–Kier alpha value is -2.04. The van der Waals surface area contributed by atoms with Crippen molar-refractivity contribution >= 4 is 11.9 Å². The first kappa shape index (κ1) is 15.4. The number of benzene rings is 1. The molecule has 1 aliphatic carbocycles. The SMILES string of the molecule is O=C(CC1(C(=O)O)CCC1)NCCCOc1ccccc1. The van der Waals surface area contributed by atoms with Crippen molar-refractivity contribution in [2.45, 2.75) is 32.1 Å². The van der Waals surface area contributed by atoms with Gasteiger partial charge in [0.1, 0.15) is 5.75 Å². The van der Waals surface area contributed by atoms with Crippen LogP contribution in [0.1, 0.15) is 32.1 Å². The Morgan fingerprint density at radius 1 is 1.24 bits per heavy atom. The number of carbonyl (C=O) groups excluding carboxylic acids is 1. The van der Waals surface area contributed by atoms with Crippen molar-refractivity contribution in [3.63, 3.8) is 0 Å². The van der Waals surface area contributed by atoms with E-state index in [4.69, 9.17) is 9.84 Å². The second-order valence-electron chi connectivity index (χ2n) is 5.48. The van der Waals surface area contributed by atoms with Gasteiger partial charge in [0.2, 0.25) is 5.91 Å². The molecule has 1 aliphatic rings. The number of hydrogen-bond acceptors (Lipinski definition) is 3. The molecule has 0 aliphatic heterocycles. The predicted octanol–water partition coefficient (Wildman–Crippen LogP) is 2.22. The van der Waals surface area contributed by atoms with E-state index < -0.39 is 11.4 Å². The van der Waals surface area contributed by atoms with Crippen LogP contribution in [0.2, 0.25) is 0 Å². The zero-order valence-corrected chi connectivity index (χ0v) is 12.0. The number of amides is 1. The van der Waals surface area contributed by atoms with Gasteiger partial charge in [-0.3, -0.25) is 9.59 Å². The topological polar surface area (TPSA) is 75.6 Å². The summed E-state index contributed by atoms with van der Waals surface area (Å²) in [5, 5.41) is 11.9. The number of nitrogens with one attached hydrogen (secondary N) is 1. The molecular formula is C16H21NO4. The fourth-order valence-corrected chi connectivity index (χ4v) is 2.45. The molecule has 0 aromatic heterocycles. The molecule has 2 rings (SSSR count). The molecule has 0 radical (unpaired) electrons. The van der Waals surface area contributed by atoms with Gasteiger partial charge in [-0.15, -0.1) is 0 Å². The van der Waals surface area contributed by atoms with Crippen molar-refractivity contribution in [2.75, 3.05) is 13.2 Å². The fraction of sp³-hybridized carbons (Fsp3) is 0.500. The maximum Gasteiger partial charge on any atom is 0.310 e. The highest BCUT2D eigenvalue weighted by Crippen LogP contribution is 2.44. The number of hydrogen-bond donors (Lipinski definition) is 2. The third kappa shape index (κ3) is 4.21. The number of carboxylic acid groups (broad SMARTS) is 1. The fourth-order valence-electron chi connectivity index (χ4n) is 2.45. The molecule has 0 spiro atoms. The lowest BCUT2D eigenvalue weighted by Gasteiger charge is -2.36. The van der Waals surface area contributed by atoms with E-state index in [1.165, 1.54) is 0 Å². The van der Waals surface area contributed by atoms with Crippen LogP contribution < -0.4 is 10.1 Å². The van der Waals surface area contributed by atoms with Gasteiger partial charge in [-0.05, 0) is 31.4 Å². The van der Waals surface area contributed by atoms with Gasteiger partial charge >= 0.3 is 5.97 Å². The molecule has 1 saturated carbocycles. The molecule has 0 bridgehead atoms. The average Bonchev–Trinajstić information content (AvgIpc) is 2.43. The van der Waals surface area contributed by atoms with Crippen molar-refractivity contribution in [3.05, 3.63) is 30.3 Å². The van der Waals surface area contributed by atoms with E-state index in [-0.39, 0.29) is 12.3 Å². The summed E-state index contributed by atoms with van der Waals surface area (Å²) in [5.41, 5.74) is -0.815. The minimum absolute atomic E-state index is 0.0852. The molecule has 0 atom stereocenters. The highest BCUT2D eigenvalue weighted by Gasteiger charge is 2.45. The van der Waals surface area contributed by atoms with Gasteiger partial charge in [0.05, 0.1) is 12.0 Å². The molecule has 5 nitrogen and oxygen atoms in total. The van der Waals surface area contributed by atoms with Crippen LogP contribution >= 0.6 is 0 Å². The first-order chi connectivity index (χ1) is 10.1. The first-order valence-corrected chi connectivity index (χ1v) is 7.30. The number of ether oxygens (including phenoxy) is 1. The Morgan fingerprint density at radius 3 is 2.52 bits per heavy atom. The number of carbonyl (C=O) groups is 2. The lowest BCUT2D eigenvalue weighted by atomic mass is 9.66. The Kier molecular flexibility index (Phi) is 5.20. The van der Waals surface area contributed by atoms with E-state index in [2.05, 4.69) is 5.32 Å². The third-order valence-electron chi connectivity index (χ3n) is 3.92. The highest BCUT2D eigenvalue weighted by atomic mass is 16.5. The third-order valence-corrected chi connectivity index (χ3v) is 3.92. The number of para-hydroxylation sites is 1. The van der Waals surface area contributed by atoms with E-state index in [0.717, 1.165) is 12.2 Å². The Morgan fingerprint density at radius 2 is 1.95 bits per heavy atom. The summed E-state index contributed by atoms with van der Waals surface area (Å²) in [7, 11) is 0. The normalized spacial score (nSPS) is 15.8. The van der Waals surface area contributed by atoms with E-state index in [1.807, 2.05) is 30.3 Å². The van der Waals surface area contributed by atoms with Gasteiger partial charge in [0.25, 0.3) is 0 Å². The Labute approximate surface area is 124 Å². The molecule has 2 N–H and O–H groups in total. The highest BCUT2D eigenvalue weighted by molar-refractivity contribution is 5.85. The van der Waals surface area contributed by atoms with Gasteiger partial charge in [0, 0.05) is 13.0 Å². The van der Waals surface area contributed by atoms with Crippen LogP contribution in [0.5, 0.6) is 5.75 Å². The first-order valence-electron chi connectivity index (χ1n) is 7.30. The second kappa shape index (κ2) is 7.11. The summed E-state index contributed by atoms with van der Waals surface area (Å²) >= 11 is 0. The van der Waals surface area contributed by atoms with E-state index in [1.54, 1.807) is 0 Å². The molecule has 1 aromatic carbocycles. The molecule has 1 amide bonds.